The summed E-state index contributed by atoms with van der Waals surface area (Å²) in [6, 6.07) is 1.75. The van der Waals surface area contributed by atoms with Crippen LogP contribution >= 0.6 is 0 Å². The van der Waals surface area contributed by atoms with Crippen molar-refractivity contribution >= 4 is 17.4 Å². The van der Waals surface area contributed by atoms with E-state index in [0.29, 0.717) is 0 Å². The van der Waals surface area contributed by atoms with Crippen molar-refractivity contribution in [2.24, 2.45) is 0 Å². The molecule has 0 aliphatic carbocycles. The molecule has 0 aromatic carbocycles. The molecule has 0 aromatic heterocycles. The van der Waals surface area contributed by atoms with Gasteiger partial charge in [-0.3, -0.25) is 0 Å². The van der Waals surface area contributed by atoms with Gasteiger partial charge in [0.25, 0.3) is 0 Å². The number of nitrogens with zero attached hydrogens (tertiary/aromatic N) is 1. The number of rotatable bonds is 0. The minimum atomic E-state index is 0. The van der Waals surface area contributed by atoms with Crippen LogP contribution in [-0.4, -0.2) is 17.4 Å². The first kappa shape index (κ1) is 8.98. The summed E-state index contributed by atoms with van der Waals surface area (Å²) < 4.78 is 0. The smallest absolute Gasteiger partial charge is 0.187 e. The molecule has 0 aliphatic rings. The summed E-state index contributed by atoms with van der Waals surface area (Å²) in [5, 5.41) is 7.32. The molecule has 0 fully saturated rings. The van der Waals surface area contributed by atoms with Crippen molar-refractivity contribution in [2.75, 3.05) is 0 Å². The lowest BCUT2D eigenvalue weighted by Crippen LogP contribution is -1.10. The van der Waals surface area contributed by atoms with E-state index in [1.807, 2.05) is 0 Å². The molecule has 0 saturated heterocycles. The third kappa shape index (κ3) is 4190. The molecule has 0 saturated carbocycles. The molecular formula is C2H6AlN. The highest BCUT2D eigenvalue weighted by atomic mass is 27.0. The average Bonchev–Trinajstić information content (AvgIpc) is 0.918. The third-order valence-corrected chi connectivity index (χ3v) is 0. The van der Waals surface area contributed by atoms with Crippen molar-refractivity contribution in [3.05, 3.63) is 0 Å². The summed E-state index contributed by atoms with van der Waals surface area (Å²) in [6.45, 7) is 1.43. The summed E-state index contributed by atoms with van der Waals surface area (Å²) in [5.41, 5.74) is 0. The van der Waals surface area contributed by atoms with E-state index in [1.54, 1.807) is 6.07 Å². The molecule has 2 heteroatoms. The fourth-order valence-corrected chi connectivity index (χ4v) is 0. The lowest BCUT2D eigenvalue weighted by Gasteiger charge is -1.15. The SMILES string of the molecule is CC#N.[AlH3]. The first-order chi connectivity index (χ1) is 1.41. The molecule has 0 bridgehead atoms. The minimum absolute atomic E-state index is 0. The van der Waals surface area contributed by atoms with Gasteiger partial charge in [-0.25, -0.2) is 0 Å². The monoisotopic (exact) mass is 71.0 g/mol. The third-order valence-electron chi connectivity index (χ3n) is 0. The molecule has 0 radical (unpaired) electrons. The summed E-state index contributed by atoms with van der Waals surface area (Å²) in [7, 11) is 0. The summed E-state index contributed by atoms with van der Waals surface area (Å²) in [4.78, 5) is 0. The Morgan fingerprint density at radius 1 is 1.75 bits per heavy atom. The molecule has 22 valence electrons. The van der Waals surface area contributed by atoms with Crippen LogP contribution in [0.25, 0.3) is 0 Å². The van der Waals surface area contributed by atoms with Crippen LogP contribution in [0.5, 0.6) is 0 Å². The zero-order valence-electron chi connectivity index (χ0n) is 1.95. The van der Waals surface area contributed by atoms with Gasteiger partial charge in [0.1, 0.15) is 0 Å². The second kappa shape index (κ2) is 11.8. The fourth-order valence-electron chi connectivity index (χ4n) is 0. The summed E-state index contributed by atoms with van der Waals surface area (Å²) in [5.74, 6) is 0. The Kier molecular flexibility index (Phi) is 26.6. The Labute approximate surface area is 36.4 Å². The zero-order chi connectivity index (χ0) is 2.71. The number of hydrogen-bond donors (Lipinski definition) is 0. The van der Waals surface area contributed by atoms with Gasteiger partial charge in [0, 0.05) is 6.92 Å². The largest absolute Gasteiger partial charge is 0.199 e. The number of nitriles is 1. The Bertz CT molecular complexity index is 27.5. The maximum atomic E-state index is 7.32. The van der Waals surface area contributed by atoms with Gasteiger partial charge >= 0.3 is 0 Å². The van der Waals surface area contributed by atoms with E-state index in [2.05, 4.69) is 0 Å². The van der Waals surface area contributed by atoms with E-state index in [-0.39, 0.29) is 17.4 Å². The zero-order valence-corrected chi connectivity index (χ0v) is 1.95. The van der Waals surface area contributed by atoms with Crippen molar-refractivity contribution in [2.45, 2.75) is 6.92 Å². The van der Waals surface area contributed by atoms with Crippen molar-refractivity contribution < 1.29 is 0 Å². The molecule has 1 nitrogen and oxygen atoms in total. The van der Waals surface area contributed by atoms with E-state index in [1.165, 1.54) is 6.92 Å². The molecule has 0 amide bonds. The van der Waals surface area contributed by atoms with Gasteiger partial charge < -0.3 is 0 Å². The topological polar surface area (TPSA) is 23.8 Å². The molecule has 0 aliphatic heterocycles. The van der Waals surface area contributed by atoms with Gasteiger partial charge in [-0.15, -0.1) is 0 Å². The van der Waals surface area contributed by atoms with Crippen LogP contribution in [0.3, 0.4) is 0 Å². The van der Waals surface area contributed by atoms with Gasteiger partial charge in [-0.1, -0.05) is 0 Å². The molecular weight excluding hydrogens is 65.0 g/mol. The van der Waals surface area contributed by atoms with Crippen LogP contribution < -0.4 is 0 Å². The Morgan fingerprint density at radius 2 is 1.75 bits per heavy atom. The molecule has 0 unspecified atom stereocenters. The summed E-state index contributed by atoms with van der Waals surface area (Å²) in [6.07, 6.45) is 0. The van der Waals surface area contributed by atoms with Crippen LogP contribution in [0, 0.1) is 11.3 Å². The lowest BCUT2D eigenvalue weighted by molar-refractivity contribution is 1.49. The summed E-state index contributed by atoms with van der Waals surface area (Å²) >= 11 is 0. The van der Waals surface area contributed by atoms with Crippen molar-refractivity contribution in [1.29, 1.82) is 5.26 Å². The predicted molar refractivity (Wildman–Crippen MR) is 21.2 cm³/mol. The van der Waals surface area contributed by atoms with Gasteiger partial charge in [0.15, 0.2) is 17.4 Å². The second-order valence-corrected chi connectivity index (χ2v) is 0.224. The van der Waals surface area contributed by atoms with Crippen molar-refractivity contribution in [3.63, 3.8) is 0 Å². The minimum Gasteiger partial charge on any atom is -0.199 e. The van der Waals surface area contributed by atoms with Crippen LogP contribution in [-0.2, 0) is 0 Å². The van der Waals surface area contributed by atoms with Crippen LogP contribution in [0.1, 0.15) is 6.92 Å². The van der Waals surface area contributed by atoms with Gasteiger partial charge in [-0.2, -0.15) is 5.26 Å². The van der Waals surface area contributed by atoms with E-state index < -0.39 is 0 Å². The Morgan fingerprint density at radius 3 is 1.75 bits per heavy atom. The highest BCUT2D eigenvalue weighted by Crippen LogP contribution is 1.21. The molecule has 0 rings (SSSR count). The normalized spacial score (nSPS) is 2.00. The highest BCUT2D eigenvalue weighted by Gasteiger charge is 1.17. The quantitative estimate of drug-likeness (QED) is 0.348. The highest BCUT2D eigenvalue weighted by molar-refractivity contribution is 5.75. The van der Waals surface area contributed by atoms with Crippen LogP contribution in [0.2, 0.25) is 0 Å². The Balaban J connectivity index is 0. The first-order valence-electron chi connectivity index (χ1n) is 0.724. The molecule has 0 spiro atoms. The van der Waals surface area contributed by atoms with Gasteiger partial charge in [0.05, 0.1) is 6.07 Å². The molecule has 0 N–H and O–H groups in total. The first-order valence-corrected chi connectivity index (χ1v) is 0.724. The molecule has 0 heterocycles. The average molecular weight is 71.1 g/mol. The maximum Gasteiger partial charge on any atom is 0.187 e. The van der Waals surface area contributed by atoms with E-state index in [0.717, 1.165) is 0 Å². The molecule has 0 atom stereocenters. The molecule has 0 aromatic rings. The van der Waals surface area contributed by atoms with Crippen LogP contribution in [0.15, 0.2) is 0 Å². The van der Waals surface area contributed by atoms with E-state index in [4.69, 9.17) is 5.26 Å². The van der Waals surface area contributed by atoms with Gasteiger partial charge in [0.2, 0.25) is 0 Å². The standard InChI is InChI=1S/C2H3N.Al.3H/c1-2-3;;;;/h1H3;;;;. The lowest BCUT2D eigenvalue weighted by atomic mass is 11.0. The van der Waals surface area contributed by atoms with E-state index >= 15 is 0 Å². The van der Waals surface area contributed by atoms with Crippen molar-refractivity contribution in [1.82, 2.24) is 0 Å². The molecule has 4 heavy (non-hydrogen) atoms. The maximum absolute atomic E-state index is 7.32. The van der Waals surface area contributed by atoms with Crippen LogP contribution in [0.4, 0.5) is 0 Å². The Hall–Kier alpha value is 0.0225. The fraction of sp³-hybridized carbons (Fsp3) is 0.500. The van der Waals surface area contributed by atoms with Gasteiger partial charge in [-0.05, 0) is 0 Å². The second-order valence-electron chi connectivity index (χ2n) is 0.224. The van der Waals surface area contributed by atoms with Crippen molar-refractivity contribution in [3.8, 4) is 6.07 Å². The van der Waals surface area contributed by atoms with E-state index in [9.17, 15) is 0 Å². The number of hydrogen-bond acceptors (Lipinski definition) is 1. The predicted octanol–water partition coefficient (Wildman–Crippen LogP) is -0.654.